The smallest absolute Gasteiger partial charge is 0.265 e. The molecule has 1 N–H and O–H groups in total. The first-order valence-corrected chi connectivity index (χ1v) is 12.1. The summed E-state index contributed by atoms with van der Waals surface area (Å²) in [4.78, 5) is 12.9. The predicted octanol–water partition coefficient (Wildman–Crippen LogP) is 6.57. The summed E-state index contributed by atoms with van der Waals surface area (Å²) in [6.45, 7) is 6.08. The second-order valence-corrected chi connectivity index (χ2v) is 10.5. The van der Waals surface area contributed by atoms with E-state index in [0.717, 1.165) is 34.8 Å². The van der Waals surface area contributed by atoms with Gasteiger partial charge in [0.15, 0.2) is 6.10 Å². The molecule has 1 amide bonds. The Balaban J connectivity index is 1.26. The minimum absolute atomic E-state index is 0.0787. The molecule has 0 heterocycles. The average Bonchev–Trinajstić information content (AvgIpc) is 2.72. The van der Waals surface area contributed by atoms with Gasteiger partial charge in [-0.15, -0.1) is 0 Å². The van der Waals surface area contributed by atoms with Gasteiger partial charge >= 0.3 is 0 Å². The number of anilines is 1. The van der Waals surface area contributed by atoms with Crippen molar-refractivity contribution >= 4 is 11.6 Å². The van der Waals surface area contributed by atoms with E-state index in [0.29, 0.717) is 11.8 Å². The molecule has 0 aromatic heterocycles. The molecule has 6 rings (SSSR count). The number of benzene rings is 2. The lowest BCUT2D eigenvalue weighted by Gasteiger charge is -2.57. The van der Waals surface area contributed by atoms with Gasteiger partial charge in [0, 0.05) is 5.69 Å². The van der Waals surface area contributed by atoms with Crippen molar-refractivity contribution in [2.24, 2.45) is 17.8 Å². The van der Waals surface area contributed by atoms with Gasteiger partial charge in [0.2, 0.25) is 0 Å². The number of amides is 1. The van der Waals surface area contributed by atoms with Crippen molar-refractivity contribution in [2.75, 3.05) is 5.32 Å². The molecule has 4 saturated carbocycles. The second-order valence-electron chi connectivity index (χ2n) is 10.5. The normalized spacial score (nSPS) is 29.6. The van der Waals surface area contributed by atoms with Gasteiger partial charge in [0.25, 0.3) is 5.91 Å². The lowest BCUT2D eigenvalue weighted by atomic mass is 9.48. The van der Waals surface area contributed by atoms with E-state index in [-0.39, 0.29) is 5.91 Å². The Morgan fingerprint density at radius 2 is 1.61 bits per heavy atom. The molecule has 2 aromatic rings. The molecule has 0 unspecified atom stereocenters. The average molecular weight is 418 g/mol. The minimum atomic E-state index is -0.496. The maximum Gasteiger partial charge on any atom is 0.265 e. The highest BCUT2D eigenvalue weighted by Crippen LogP contribution is 2.60. The first-order chi connectivity index (χ1) is 14.9. The highest BCUT2D eigenvalue weighted by Gasteiger charge is 2.51. The second kappa shape index (κ2) is 8.00. The van der Waals surface area contributed by atoms with Crippen LogP contribution in [0.2, 0.25) is 0 Å². The van der Waals surface area contributed by atoms with Crippen LogP contribution in [0.25, 0.3) is 0 Å². The summed E-state index contributed by atoms with van der Waals surface area (Å²) < 4.78 is 6.06. The van der Waals surface area contributed by atoms with Crippen molar-refractivity contribution < 1.29 is 9.53 Å². The zero-order valence-corrected chi connectivity index (χ0v) is 19.1. The van der Waals surface area contributed by atoms with Crippen LogP contribution in [-0.2, 0) is 10.2 Å². The maximum atomic E-state index is 12.9. The highest BCUT2D eigenvalue weighted by molar-refractivity contribution is 5.94. The van der Waals surface area contributed by atoms with Crippen molar-refractivity contribution in [3.8, 4) is 5.75 Å². The summed E-state index contributed by atoms with van der Waals surface area (Å²) in [5, 5.41) is 3.08. The third-order valence-electron chi connectivity index (χ3n) is 8.07. The molecule has 4 fully saturated rings. The van der Waals surface area contributed by atoms with Crippen LogP contribution in [0.3, 0.4) is 0 Å². The number of carbonyl (C=O) groups excluding carboxylic acids is 1. The van der Waals surface area contributed by atoms with E-state index in [1.807, 2.05) is 26.0 Å². The quantitative estimate of drug-likeness (QED) is 0.577. The van der Waals surface area contributed by atoms with E-state index in [1.165, 1.54) is 49.7 Å². The topological polar surface area (TPSA) is 38.3 Å². The molecule has 0 radical (unpaired) electrons. The molecule has 31 heavy (non-hydrogen) atoms. The fourth-order valence-electron chi connectivity index (χ4n) is 7.00. The molecule has 4 aliphatic carbocycles. The van der Waals surface area contributed by atoms with Crippen molar-refractivity contribution in [2.45, 2.75) is 77.2 Å². The summed E-state index contributed by atoms with van der Waals surface area (Å²) >= 11 is 0. The van der Waals surface area contributed by atoms with Crippen molar-refractivity contribution in [3.05, 3.63) is 59.2 Å². The Hall–Kier alpha value is -2.29. The van der Waals surface area contributed by atoms with Gasteiger partial charge in [-0.2, -0.15) is 0 Å². The number of rotatable bonds is 6. The van der Waals surface area contributed by atoms with Crippen molar-refractivity contribution in [3.63, 3.8) is 0 Å². The Labute approximate surface area is 186 Å². The maximum absolute atomic E-state index is 12.9. The van der Waals surface area contributed by atoms with Crippen molar-refractivity contribution in [1.29, 1.82) is 0 Å². The molecule has 3 nitrogen and oxygen atoms in total. The SMILES string of the molecule is CC[C@H](Oc1ccc(C)cc1C)C(=O)Nc1ccc(C23CC4CC(CC(C4)C2)C3)cc1. The van der Waals surface area contributed by atoms with Gasteiger partial charge < -0.3 is 10.1 Å². The Morgan fingerprint density at radius 3 is 2.16 bits per heavy atom. The molecule has 3 heteroatoms. The highest BCUT2D eigenvalue weighted by atomic mass is 16.5. The zero-order valence-electron chi connectivity index (χ0n) is 19.1. The number of nitrogens with one attached hydrogen (secondary N) is 1. The predicted molar refractivity (Wildman–Crippen MR) is 126 cm³/mol. The Kier molecular flexibility index (Phi) is 5.32. The van der Waals surface area contributed by atoms with E-state index < -0.39 is 6.10 Å². The van der Waals surface area contributed by atoms with Gasteiger partial charge in [0.05, 0.1) is 0 Å². The summed E-state index contributed by atoms with van der Waals surface area (Å²) in [6, 6.07) is 14.8. The van der Waals surface area contributed by atoms with Crippen LogP contribution in [0, 0.1) is 31.6 Å². The van der Waals surface area contributed by atoms with Gasteiger partial charge in [0.1, 0.15) is 5.75 Å². The third-order valence-corrected chi connectivity index (χ3v) is 8.07. The molecule has 4 aliphatic rings. The lowest BCUT2D eigenvalue weighted by molar-refractivity contribution is -0.122. The largest absolute Gasteiger partial charge is 0.480 e. The first-order valence-electron chi connectivity index (χ1n) is 12.1. The van der Waals surface area contributed by atoms with Crippen LogP contribution in [0.15, 0.2) is 42.5 Å². The Bertz CT molecular complexity index is 926. The number of hydrogen-bond donors (Lipinski definition) is 1. The van der Waals surface area contributed by atoms with Crippen LogP contribution in [0.4, 0.5) is 5.69 Å². The van der Waals surface area contributed by atoms with Crippen LogP contribution in [0.1, 0.15) is 68.6 Å². The molecule has 1 atom stereocenters. The van der Waals surface area contributed by atoms with E-state index in [9.17, 15) is 4.79 Å². The van der Waals surface area contributed by atoms with Gasteiger partial charge in [-0.05, 0) is 111 Å². The monoisotopic (exact) mass is 417 g/mol. The molecule has 0 spiro atoms. The van der Waals surface area contributed by atoms with E-state index in [4.69, 9.17) is 4.74 Å². The fraction of sp³-hybridized carbons (Fsp3) is 0.536. The molecule has 4 bridgehead atoms. The molecule has 0 saturated heterocycles. The summed E-state index contributed by atoms with van der Waals surface area (Å²) in [5.74, 6) is 3.53. The number of ether oxygens (including phenoxy) is 1. The zero-order chi connectivity index (χ0) is 21.6. The summed E-state index contributed by atoms with van der Waals surface area (Å²) in [6.07, 6.45) is 8.63. The summed E-state index contributed by atoms with van der Waals surface area (Å²) in [5.41, 5.74) is 5.01. The van der Waals surface area contributed by atoms with Crippen molar-refractivity contribution in [1.82, 2.24) is 0 Å². The van der Waals surface area contributed by atoms with Gasteiger partial charge in [-0.1, -0.05) is 36.8 Å². The van der Waals surface area contributed by atoms with E-state index in [2.05, 4.69) is 42.6 Å². The third kappa shape index (κ3) is 4.00. The Morgan fingerprint density at radius 1 is 1.00 bits per heavy atom. The lowest BCUT2D eigenvalue weighted by Crippen LogP contribution is -2.48. The molecular formula is C28H35NO2. The molecule has 164 valence electrons. The molecule has 0 aliphatic heterocycles. The van der Waals surface area contributed by atoms with Crippen LogP contribution < -0.4 is 10.1 Å². The number of aryl methyl sites for hydroxylation is 2. The van der Waals surface area contributed by atoms with Crippen LogP contribution >= 0.6 is 0 Å². The molecular weight excluding hydrogens is 382 g/mol. The molecule has 2 aromatic carbocycles. The van der Waals surface area contributed by atoms with E-state index in [1.54, 1.807) is 0 Å². The van der Waals surface area contributed by atoms with E-state index >= 15 is 0 Å². The van der Waals surface area contributed by atoms with Crippen LogP contribution in [0.5, 0.6) is 5.75 Å². The standard InChI is InChI=1S/C28H35NO2/c1-4-25(31-26-10-5-18(2)11-19(26)3)27(30)29-24-8-6-23(7-9-24)28-15-20-12-21(16-28)14-22(13-20)17-28/h5-11,20-22,25H,4,12-17H2,1-3H3,(H,29,30)/t20?,21?,22?,25-,28?/m0/s1. The van der Waals surface area contributed by atoms with Gasteiger partial charge in [-0.25, -0.2) is 0 Å². The fourth-order valence-corrected chi connectivity index (χ4v) is 7.00. The summed E-state index contributed by atoms with van der Waals surface area (Å²) in [7, 11) is 0. The number of hydrogen-bond acceptors (Lipinski definition) is 2. The number of carbonyl (C=O) groups is 1. The van der Waals surface area contributed by atoms with Crippen LogP contribution in [-0.4, -0.2) is 12.0 Å². The first kappa shape index (κ1) is 20.6. The van der Waals surface area contributed by atoms with Gasteiger partial charge in [-0.3, -0.25) is 4.79 Å². The minimum Gasteiger partial charge on any atom is -0.480 e.